The maximum absolute atomic E-state index is 3.57. The zero-order chi connectivity index (χ0) is 14.4. The first-order valence-corrected chi connectivity index (χ1v) is 8.29. The Morgan fingerprint density at radius 2 is 2.00 bits per heavy atom. The van der Waals surface area contributed by atoms with Gasteiger partial charge in [-0.25, -0.2) is 0 Å². The number of nitrogens with one attached hydrogen (secondary N) is 1. The number of benzene rings is 1. The molecular formula is C18H30N2. The van der Waals surface area contributed by atoms with Gasteiger partial charge in [-0.1, -0.05) is 43.7 Å². The third-order valence-corrected chi connectivity index (χ3v) is 4.47. The number of rotatable bonds is 6. The monoisotopic (exact) mass is 274 g/mol. The topological polar surface area (TPSA) is 15.3 Å². The third-order valence-electron chi connectivity index (χ3n) is 4.47. The van der Waals surface area contributed by atoms with Gasteiger partial charge in [0.15, 0.2) is 0 Å². The summed E-state index contributed by atoms with van der Waals surface area (Å²) in [5.74, 6) is 0. The number of nitrogens with zero attached hydrogens (tertiary/aromatic N) is 1. The van der Waals surface area contributed by atoms with E-state index in [4.69, 9.17) is 0 Å². The summed E-state index contributed by atoms with van der Waals surface area (Å²) in [4.78, 5) is 2.75. The molecule has 0 bridgehead atoms. The molecule has 0 saturated carbocycles. The Kier molecular flexibility index (Phi) is 6.06. The van der Waals surface area contributed by atoms with Crippen LogP contribution in [0.3, 0.4) is 0 Å². The highest BCUT2D eigenvalue weighted by Crippen LogP contribution is 2.28. The van der Waals surface area contributed by atoms with Gasteiger partial charge in [0.1, 0.15) is 0 Å². The quantitative estimate of drug-likeness (QED) is 0.846. The summed E-state index contributed by atoms with van der Waals surface area (Å²) in [6, 6.07) is 10.4. The average Bonchev–Trinajstić information content (AvgIpc) is 2.50. The van der Waals surface area contributed by atoms with Crippen LogP contribution in [-0.2, 0) is 0 Å². The molecule has 20 heavy (non-hydrogen) atoms. The minimum Gasteiger partial charge on any atom is -0.315 e. The predicted octanol–water partition coefficient (Wildman–Crippen LogP) is 3.91. The molecule has 112 valence electrons. The van der Waals surface area contributed by atoms with E-state index in [1.165, 1.54) is 49.9 Å². The van der Waals surface area contributed by atoms with E-state index in [1.54, 1.807) is 0 Å². The molecule has 1 aromatic rings. The first kappa shape index (κ1) is 15.5. The molecule has 1 saturated heterocycles. The molecule has 2 unspecified atom stereocenters. The fourth-order valence-corrected chi connectivity index (χ4v) is 3.42. The van der Waals surface area contributed by atoms with Gasteiger partial charge in [-0.2, -0.15) is 0 Å². The Bertz CT molecular complexity index is 379. The Balaban J connectivity index is 2.17. The molecule has 0 spiro atoms. The van der Waals surface area contributed by atoms with Crippen LogP contribution in [0.2, 0.25) is 0 Å². The smallest absolute Gasteiger partial charge is 0.0348 e. The van der Waals surface area contributed by atoms with Crippen LogP contribution in [0.15, 0.2) is 24.3 Å². The van der Waals surface area contributed by atoms with Crippen LogP contribution in [-0.4, -0.2) is 30.6 Å². The molecule has 0 amide bonds. The first-order chi connectivity index (χ1) is 9.76. The molecule has 1 aliphatic rings. The molecular weight excluding hydrogens is 244 g/mol. The summed E-state index contributed by atoms with van der Waals surface area (Å²) in [6.07, 6.45) is 5.09. The van der Waals surface area contributed by atoms with E-state index in [1.807, 2.05) is 0 Å². The molecule has 1 fully saturated rings. The molecule has 2 atom stereocenters. The second-order valence-electron chi connectivity index (χ2n) is 6.07. The summed E-state index contributed by atoms with van der Waals surface area (Å²) >= 11 is 0. The minimum absolute atomic E-state index is 0.570. The van der Waals surface area contributed by atoms with E-state index in [-0.39, 0.29) is 0 Å². The Labute approximate surface area is 124 Å². The second-order valence-corrected chi connectivity index (χ2v) is 6.07. The van der Waals surface area contributed by atoms with Crippen molar-refractivity contribution in [3.63, 3.8) is 0 Å². The highest BCUT2D eigenvalue weighted by Gasteiger charge is 2.26. The number of hydrogen-bond donors (Lipinski definition) is 1. The van der Waals surface area contributed by atoms with Gasteiger partial charge in [0.2, 0.25) is 0 Å². The summed E-state index contributed by atoms with van der Waals surface area (Å²) in [7, 11) is 0. The summed E-state index contributed by atoms with van der Waals surface area (Å²) < 4.78 is 0. The number of aryl methyl sites for hydroxylation is 1. The Morgan fingerprint density at radius 3 is 2.55 bits per heavy atom. The van der Waals surface area contributed by atoms with Crippen LogP contribution in [0.25, 0.3) is 0 Å². The van der Waals surface area contributed by atoms with Crippen molar-refractivity contribution in [1.29, 1.82) is 0 Å². The molecule has 2 rings (SSSR count). The summed E-state index contributed by atoms with van der Waals surface area (Å²) in [5, 5.41) is 3.57. The maximum atomic E-state index is 3.57. The van der Waals surface area contributed by atoms with E-state index in [0.717, 1.165) is 6.54 Å². The average molecular weight is 274 g/mol. The van der Waals surface area contributed by atoms with Crippen molar-refractivity contribution in [1.82, 2.24) is 10.2 Å². The highest BCUT2D eigenvalue weighted by molar-refractivity contribution is 5.24. The third kappa shape index (κ3) is 3.83. The molecule has 0 aromatic heterocycles. The maximum Gasteiger partial charge on any atom is 0.0348 e. The van der Waals surface area contributed by atoms with Gasteiger partial charge in [0.25, 0.3) is 0 Å². The van der Waals surface area contributed by atoms with Gasteiger partial charge < -0.3 is 5.32 Å². The van der Waals surface area contributed by atoms with Crippen LogP contribution in [0, 0.1) is 6.92 Å². The highest BCUT2D eigenvalue weighted by atomic mass is 15.2. The van der Waals surface area contributed by atoms with E-state index in [2.05, 4.69) is 55.3 Å². The van der Waals surface area contributed by atoms with E-state index < -0.39 is 0 Å². The molecule has 2 nitrogen and oxygen atoms in total. The largest absolute Gasteiger partial charge is 0.315 e. The van der Waals surface area contributed by atoms with Crippen LogP contribution in [0.5, 0.6) is 0 Å². The number of piperidine rings is 1. The lowest BCUT2D eigenvalue weighted by Crippen LogP contribution is -2.47. The normalized spacial score (nSPS) is 21.1. The van der Waals surface area contributed by atoms with Gasteiger partial charge in [-0.15, -0.1) is 0 Å². The lowest BCUT2D eigenvalue weighted by Gasteiger charge is -2.40. The molecule has 1 N–H and O–H groups in total. The molecule has 1 aliphatic heterocycles. The first-order valence-electron chi connectivity index (χ1n) is 8.29. The van der Waals surface area contributed by atoms with Crippen LogP contribution in [0.4, 0.5) is 0 Å². The van der Waals surface area contributed by atoms with Crippen molar-refractivity contribution in [2.24, 2.45) is 0 Å². The van der Waals surface area contributed by atoms with Gasteiger partial charge in [0.05, 0.1) is 0 Å². The van der Waals surface area contributed by atoms with Crippen molar-refractivity contribution in [3.05, 3.63) is 35.4 Å². The lowest BCUT2D eigenvalue weighted by molar-refractivity contribution is 0.108. The van der Waals surface area contributed by atoms with Gasteiger partial charge in [-0.3, -0.25) is 4.90 Å². The lowest BCUT2D eigenvalue weighted by atomic mass is 9.96. The van der Waals surface area contributed by atoms with E-state index in [0.29, 0.717) is 12.1 Å². The van der Waals surface area contributed by atoms with Crippen LogP contribution < -0.4 is 5.32 Å². The van der Waals surface area contributed by atoms with Crippen molar-refractivity contribution >= 4 is 0 Å². The van der Waals surface area contributed by atoms with Crippen molar-refractivity contribution in [3.8, 4) is 0 Å². The fraction of sp³-hybridized carbons (Fsp3) is 0.667. The standard InChI is InChI=1S/C18H30N2/c1-4-13-20(17-7-6-12-19-14-17)18(5-2)16-10-8-15(3)9-11-16/h8-11,17-19H,4-7,12-14H2,1-3H3. The zero-order valence-electron chi connectivity index (χ0n) is 13.4. The molecule has 1 heterocycles. The van der Waals surface area contributed by atoms with E-state index >= 15 is 0 Å². The predicted molar refractivity (Wildman–Crippen MR) is 87.1 cm³/mol. The Hall–Kier alpha value is -0.860. The van der Waals surface area contributed by atoms with Gasteiger partial charge >= 0.3 is 0 Å². The number of hydrogen-bond acceptors (Lipinski definition) is 2. The Morgan fingerprint density at radius 1 is 1.25 bits per heavy atom. The second kappa shape index (κ2) is 7.80. The zero-order valence-corrected chi connectivity index (χ0v) is 13.4. The van der Waals surface area contributed by atoms with Crippen molar-refractivity contribution in [2.75, 3.05) is 19.6 Å². The molecule has 0 radical (unpaired) electrons. The van der Waals surface area contributed by atoms with Crippen LogP contribution >= 0.6 is 0 Å². The molecule has 0 aliphatic carbocycles. The fourth-order valence-electron chi connectivity index (χ4n) is 3.42. The van der Waals surface area contributed by atoms with Crippen molar-refractivity contribution < 1.29 is 0 Å². The summed E-state index contributed by atoms with van der Waals surface area (Å²) in [5.41, 5.74) is 2.84. The van der Waals surface area contributed by atoms with E-state index in [9.17, 15) is 0 Å². The van der Waals surface area contributed by atoms with Crippen molar-refractivity contribution in [2.45, 2.75) is 58.5 Å². The molecule has 2 heteroatoms. The van der Waals surface area contributed by atoms with Gasteiger partial charge in [-0.05, 0) is 51.3 Å². The molecule has 1 aromatic carbocycles. The minimum atomic E-state index is 0.570. The van der Waals surface area contributed by atoms with Gasteiger partial charge in [0, 0.05) is 18.6 Å². The summed E-state index contributed by atoms with van der Waals surface area (Å²) in [6.45, 7) is 10.3. The van der Waals surface area contributed by atoms with Crippen LogP contribution in [0.1, 0.15) is 56.7 Å². The SMILES string of the molecule is CCCN(C1CCCNC1)C(CC)c1ccc(C)cc1.